The van der Waals surface area contributed by atoms with E-state index in [1.807, 2.05) is 18.3 Å². The summed E-state index contributed by atoms with van der Waals surface area (Å²) in [5.74, 6) is 0.719. The molecule has 0 fully saturated rings. The lowest BCUT2D eigenvalue weighted by Gasteiger charge is -2.25. The minimum absolute atomic E-state index is 0.208. The molecule has 0 aliphatic heterocycles. The smallest absolute Gasteiger partial charge is 0.112 e. The van der Waals surface area contributed by atoms with Gasteiger partial charge in [0.1, 0.15) is 5.52 Å². The molecule has 0 aliphatic carbocycles. The van der Waals surface area contributed by atoms with Crippen molar-refractivity contribution in [1.82, 2.24) is 9.97 Å². The van der Waals surface area contributed by atoms with E-state index in [-0.39, 0.29) is 5.41 Å². The van der Waals surface area contributed by atoms with Crippen LogP contribution in [0.1, 0.15) is 26.7 Å². The fourth-order valence-electron chi connectivity index (χ4n) is 2.12. The molecular weight excluding hydrogens is 338 g/mol. The third-order valence-electron chi connectivity index (χ3n) is 3.29. The van der Waals surface area contributed by atoms with Crippen LogP contribution in [0.15, 0.2) is 29.0 Å². The fourth-order valence-corrected chi connectivity index (χ4v) is 2.57. The van der Waals surface area contributed by atoms with Crippen LogP contribution in [-0.2, 0) is 0 Å². The third-order valence-corrected chi connectivity index (χ3v) is 3.99. The summed E-state index contributed by atoms with van der Waals surface area (Å²) in [6, 6.07) is 3.95. The van der Waals surface area contributed by atoms with Gasteiger partial charge >= 0.3 is 0 Å². The molecule has 1 N–H and O–H groups in total. The van der Waals surface area contributed by atoms with E-state index in [2.05, 4.69) is 45.1 Å². The number of alkyl halides is 1. The van der Waals surface area contributed by atoms with Crippen molar-refractivity contribution in [2.45, 2.75) is 26.7 Å². The molecule has 0 radical (unpaired) electrons. The zero-order chi connectivity index (χ0) is 14.6. The van der Waals surface area contributed by atoms with Crippen LogP contribution in [0.2, 0.25) is 0 Å². The monoisotopic (exact) mass is 355 g/mol. The zero-order valence-corrected chi connectivity index (χ0v) is 14.1. The summed E-state index contributed by atoms with van der Waals surface area (Å²) < 4.78 is 0.942. The molecule has 0 unspecified atom stereocenters. The molecule has 0 saturated heterocycles. The molecule has 2 aromatic rings. The third kappa shape index (κ3) is 4.06. The number of halogens is 2. The molecular formula is C15H19BrClN3. The van der Waals surface area contributed by atoms with E-state index in [0.29, 0.717) is 0 Å². The molecule has 2 aromatic heterocycles. The first-order valence-electron chi connectivity index (χ1n) is 6.72. The number of hydrogen-bond acceptors (Lipinski definition) is 3. The molecule has 20 heavy (non-hydrogen) atoms. The summed E-state index contributed by atoms with van der Waals surface area (Å²) in [7, 11) is 0. The standard InChI is InChI=1S/C15H19BrClN3/c1-15(2,5-3-6-17)10-20-12-4-7-18-13-8-11(16)9-19-14(12)13/h4,7-9H,3,5-6,10H2,1-2H3,(H,18,20). The van der Waals surface area contributed by atoms with E-state index in [0.717, 1.165) is 46.5 Å². The van der Waals surface area contributed by atoms with Crippen molar-refractivity contribution in [1.29, 1.82) is 0 Å². The van der Waals surface area contributed by atoms with Crippen LogP contribution in [0, 0.1) is 5.41 Å². The Kier molecular flexibility index (Phi) is 5.22. The van der Waals surface area contributed by atoms with Crippen molar-refractivity contribution >= 4 is 44.3 Å². The van der Waals surface area contributed by atoms with E-state index in [9.17, 15) is 0 Å². The SMILES string of the molecule is CC(C)(CCCCl)CNc1ccnc2cc(Br)cnc12. The number of anilines is 1. The average molecular weight is 357 g/mol. The predicted octanol–water partition coefficient (Wildman–Crippen LogP) is 4.85. The number of aromatic nitrogens is 2. The van der Waals surface area contributed by atoms with Crippen molar-refractivity contribution in [2.24, 2.45) is 5.41 Å². The number of pyridine rings is 2. The van der Waals surface area contributed by atoms with Gasteiger partial charge in [-0.15, -0.1) is 11.6 Å². The molecule has 2 rings (SSSR count). The summed E-state index contributed by atoms with van der Waals surface area (Å²) in [4.78, 5) is 8.80. The first kappa shape index (κ1) is 15.5. The molecule has 0 spiro atoms. The van der Waals surface area contributed by atoms with Crippen LogP contribution < -0.4 is 5.32 Å². The van der Waals surface area contributed by atoms with Crippen LogP contribution in [-0.4, -0.2) is 22.4 Å². The lowest BCUT2D eigenvalue weighted by Crippen LogP contribution is -2.23. The van der Waals surface area contributed by atoms with Gasteiger partial charge in [-0.25, -0.2) is 0 Å². The van der Waals surface area contributed by atoms with E-state index in [1.165, 1.54) is 0 Å². The maximum Gasteiger partial charge on any atom is 0.112 e. The van der Waals surface area contributed by atoms with Gasteiger partial charge < -0.3 is 5.32 Å². The van der Waals surface area contributed by atoms with E-state index in [1.54, 1.807) is 6.20 Å². The summed E-state index contributed by atoms with van der Waals surface area (Å²) in [5.41, 5.74) is 3.04. The minimum Gasteiger partial charge on any atom is -0.383 e. The van der Waals surface area contributed by atoms with Gasteiger partial charge in [0.25, 0.3) is 0 Å². The lowest BCUT2D eigenvalue weighted by atomic mass is 9.88. The van der Waals surface area contributed by atoms with Crippen molar-refractivity contribution in [3.63, 3.8) is 0 Å². The Bertz CT molecular complexity index is 586. The second-order valence-electron chi connectivity index (χ2n) is 5.69. The molecule has 5 heteroatoms. The summed E-state index contributed by atoms with van der Waals surface area (Å²) in [6.07, 6.45) is 5.75. The van der Waals surface area contributed by atoms with Crippen LogP contribution in [0.3, 0.4) is 0 Å². The zero-order valence-electron chi connectivity index (χ0n) is 11.8. The summed E-state index contributed by atoms with van der Waals surface area (Å²) in [5, 5.41) is 3.50. The van der Waals surface area contributed by atoms with Crippen molar-refractivity contribution in [3.05, 3.63) is 29.0 Å². The van der Waals surface area contributed by atoms with Crippen LogP contribution in [0.25, 0.3) is 11.0 Å². The van der Waals surface area contributed by atoms with Crippen molar-refractivity contribution in [2.75, 3.05) is 17.7 Å². The highest BCUT2D eigenvalue weighted by Crippen LogP contribution is 2.26. The van der Waals surface area contributed by atoms with Crippen LogP contribution >= 0.6 is 27.5 Å². The van der Waals surface area contributed by atoms with Crippen LogP contribution in [0.5, 0.6) is 0 Å². The van der Waals surface area contributed by atoms with Gasteiger partial charge in [0.05, 0.1) is 11.2 Å². The first-order chi connectivity index (χ1) is 9.52. The maximum atomic E-state index is 5.77. The minimum atomic E-state index is 0.208. The molecule has 2 heterocycles. The fraction of sp³-hybridized carbons (Fsp3) is 0.467. The number of hydrogen-bond donors (Lipinski definition) is 1. The highest BCUT2D eigenvalue weighted by atomic mass is 79.9. The van der Waals surface area contributed by atoms with E-state index < -0.39 is 0 Å². The Hall–Kier alpha value is -0.870. The number of nitrogens with zero attached hydrogens (tertiary/aromatic N) is 2. The molecule has 3 nitrogen and oxygen atoms in total. The summed E-state index contributed by atoms with van der Waals surface area (Å²) in [6.45, 7) is 5.39. The second kappa shape index (κ2) is 6.72. The number of nitrogens with one attached hydrogen (secondary N) is 1. The van der Waals surface area contributed by atoms with Gasteiger partial charge in [0.15, 0.2) is 0 Å². The summed E-state index contributed by atoms with van der Waals surface area (Å²) >= 11 is 9.20. The average Bonchev–Trinajstić information content (AvgIpc) is 2.42. The maximum absolute atomic E-state index is 5.77. The Labute approximate surface area is 133 Å². The van der Waals surface area contributed by atoms with E-state index in [4.69, 9.17) is 11.6 Å². The first-order valence-corrected chi connectivity index (χ1v) is 8.05. The topological polar surface area (TPSA) is 37.8 Å². The van der Waals surface area contributed by atoms with Gasteiger partial charge in [0, 0.05) is 29.3 Å². The second-order valence-corrected chi connectivity index (χ2v) is 6.98. The molecule has 0 saturated carbocycles. The Morgan fingerprint density at radius 1 is 1.35 bits per heavy atom. The van der Waals surface area contributed by atoms with Crippen molar-refractivity contribution < 1.29 is 0 Å². The normalized spacial score (nSPS) is 11.8. The largest absolute Gasteiger partial charge is 0.383 e. The lowest BCUT2D eigenvalue weighted by molar-refractivity contribution is 0.355. The Morgan fingerprint density at radius 3 is 2.90 bits per heavy atom. The molecule has 0 amide bonds. The quantitative estimate of drug-likeness (QED) is 0.752. The molecule has 0 aromatic carbocycles. The Balaban J connectivity index is 2.14. The van der Waals surface area contributed by atoms with Gasteiger partial charge in [-0.1, -0.05) is 13.8 Å². The predicted molar refractivity (Wildman–Crippen MR) is 89.5 cm³/mol. The number of fused-ring (bicyclic) bond motifs is 1. The van der Waals surface area contributed by atoms with Crippen LogP contribution in [0.4, 0.5) is 5.69 Å². The molecule has 0 aliphatic rings. The van der Waals surface area contributed by atoms with Crippen molar-refractivity contribution in [3.8, 4) is 0 Å². The van der Waals surface area contributed by atoms with Gasteiger partial charge in [-0.2, -0.15) is 0 Å². The molecule has 108 valence electrons. The van der Waals surface area contributed by atoms with Gasteiger partial charge in [-0.3, -0.25) is 9.97 Å². The molecule has 0 bridgehead atoms. The Morgan fingerprint density at radius 2 is 2.15 bits per heavy atom. The van der Waals surface area contributed by atoms with E-state index >= 15 is 0 Å². The van der Waals surface area contributed by atoms with Gasteiger partial charge in [-0.05, 0) is 46.3 Å². The highest BCUT2D eigenvalue weighted by molar-refractivity contribution is 9.10. The van der Waals surface area contributed by atoms with Gasteiger partial charge in [0.2, 0.25) is 0 Å². The number of rotatable bonds is 6. The highest BCUT2D eigenvalue weighted by Gasteiger charge is 2.17. The molecule has 0 atom stereocenters.